The summed E-state index contributed by atoms with van der Waals surface area (Å²) in [6.45, 7) is 1.91. The standard InChI is InChI=1S/C17H23N5O2/c1-21(17-14-3-4-18-16(14)19-10-20-17)13-5-11-7-22(8-12(11)6-13)15(23)9-24-2/h3-4,10-13H,5-9H2,1-2H3,(H,18,19,20). The third-order valence-electron chi connectivity index (χ3n) is 5.56. The fourth-order valence-corrected chi connectivity index (χ4v) is 4.32. The highest BCUT2D eigenvalue weighted by Gasteiger charge is 2.43. The van der Waals surface area contributed by atoms with Crippen molar-refractivity contribution in [1.82, 2.24) is 19.9 Å². The molecule has 1 aliphatic heterocycles. The van der Waals surface area contributed by atoms with E-state index in [1.165, 1.54) is 0 Å². The number of rotatable bonds is 4. The summed E-state index contributed by atoms with van der Waals surface area (Å²) in [5.41, 5.74) is 0.876. The predicted molar refractivity (Wildman–Crippen MR) is 90.7 cm³/mol. The Hall–Kier alpha value is -2.15. The SMILES string of the molecule is COCC(=O)N1CC2CC(N(C)c3ncnc4[nH]ccc34)CC2C1. The number of ether oxygens (including phenoxy) is 1. The summed E-state index contributed by atoms with van der Waals surface area (Å²) in [5.74, 6) is 2.27. The van der Waals surface area contributed by atoms with Gasteiger partial charge in [-0.05, 0) is 30.7 Å². The first-order valence-corrected chi connectivity index (χ1v) is 8.45. The molecule has 7 heteroatoms. The van der Waals surface area contributed by atoms with Crippen molar-refractivity contribution >= 4 is 22.8 Å². The molecular weight excluding hydrogens is 306 g/mol. The minimum atomic E-state index is 0.113. The number of carbonyl (C=O) groups is 1. The number of aromatic amines is 1. The topological polar surface area (TPSA) is 74.3 Å². The lowest BCUT2D eigenvalue weighted by Gasteiger charge is -2.28. The van der Waals surface area contributed by atoms with Crippen molar-refractivity contribution < 1.29 is 9.53 Å². The number of carbonyl (C=O) groups excluding carboxylic acids is 1. The molecule has 128 valence electrons. The van der Waals surface area contributed by atoms with Crippen LogP contribution in [-0.4, -0.2) is 65.7 Å². The number of likely N-dealkylation sites (tertiary alicyclic amines) is 1. The van der Waals surface area contributed by atoms with Crippen LogP contribution in [0, 0.1) is 11.8 Å². The summed E-state index contributed by atoms with van der Waals surface area (Å²) in [4.78, 5) is 28.2. The molecule has 0 radical (unpaired) electrons. The fourth-order valence-electron chi connectivity index (χ4n) is 4.32. The second kappa shape index (κ2) is 6.05. The number of anilines is 1. The molecule has 3 heterocycles. The second-order valence-electron chi connectivity index (χ2n) is 6.93. The molecule has 2 fully saturated rings. The Kier molecular flexibility index (Phi) is 3.88. The summed E-state index contributed by atoms with van der Waals surface area (Å²) in [5, 5.41) is 1.06. The molecular formula is C17H23N5O2. The fraction of sp³-hybridized carbons (Fsp3) is 0.588. The van der Waals surface area contributed by atoms with Gasteiger partial charge in [-0.1, -0.05) is 0 Å². The first-order chi connectivity index (χ1) is 11.7. The van der Waals surface area contributed by atoms with E-state index in [1.54, 1.807) is 13.4 Å². The average molecular weight is 329 g/mol. The van der Waals surface area contributed by atoms with E-state index in [9.17, 15) is 4.79 Å². The molecule has 2 aromatic heterocycles. The van der Waals surface area contributed by atoms with Crippen molar-refractivity contribution in [3.63, 3.8) is 0 Å². The van der Waals surface area contributed by atoms with E-state index in [1.807, 2.05) is 17.2 Å². The molecule has 2 aliphatic rings. The molecule has 0 aromatic carbocycles. The van der Waals surface area contributed by atoms with Crippen LogP contribution in [0.25, 0.3) is 11.0 Å². The molecule has 2 aromatic rings. The van der Waals surface area contributed by atoms with Crippen LogP contribution in [0.4, 0.5) is 5.82 Å². The minimum Gasteiger partial charge on any atom is -0.375 e. The Labute approximate surface area is 141 Å². The van der Waals surface area contributed by atoms with Crippen LogP contribution in [0.1, 0.15) is 12.8 Å². The monoisotopic (exact) mass is 329 g/mol. The molecule has 0 bridgehead atoms. The third kappa shape index (κ3) is 2.53. The number of nitrogens with one attached hydrogen (secondary N) is 1. The zero-order valence-corrected chi connectivity index (χ0v) is 14.1. The summed E-state index contributed by atoms with van der Waals surface area (Å²) in [6, 6.07) is 2.50. The third-order valence-corrected chi connectivity index (χ3v) is 5.56. The van der Waals surface area contributed by atoms with Gasteiger partial charge in [0.25, 0.3) is 0 Å². The van der Waals surface area contributed by atoms with Crippen LogP contribution >= 0.6 is 0 Å². The van der Waals surface area contributed by atoms with Gasteiger partial charge in [0.15, 0.2) is 0 Å². The highest BCUT2D eigenvalue weighted by molar-refractivity contribution is 5.87. The molecule has 7 nitrogen and oxygen atoms in total. The van der Waals surface area contributed by atoms with Gasteiger partial charge in [-0.15, -0.1) is 0 Å². The van der Waals surface area contributed by atoms with Crippen LogP contribution in [0.2, 0.25) is 0 Å². The van der Waals surface area contributed by atoms with Gasteiger partial charge >= 0.3 is 0 Å². The molecule has 1 N–H and O–H groups in total. The van der Waals surface area contributed by atoms with E-state index in [4.69, 9.17) is 4.74 Å². The van der Waals surface area contributed by atoms with Crippen molar-refractivity contribution in [2.24, 2.45) is 11.8 Å². The van der Waals surface area contributed by atoms with Crippen molar-refractivity contribution in [2.45, 2.75) is 18.9 Å². The quantitative estimate of drug-likeness (QED) is 0.914. The summed E-state index contributed by atoms with van der Waals surface area (Å²) >= 11 is 0. The molecule has 24 heavy (non-hydrogen) atoms. The number of hydrogen-bond acceptors (Lipinski definition) is 5. The van der Waals surface area contributed by atoms with E-state index in [-0.39, 0.29) is 12.5 Å². The van der Waals surface area contributed by atoms with Gasteiger partial charge in [-0.25, -0.2) is 9.97 Å². The number of aromatic nitrogens is 3. The van der Waals surface area contributed by atoms with E-state index in [2.05, 4.69) is 26.9 Å². The highest BCUT2D eigenvalue weighted by Crippen LogP contribution is 2.41. The Morgan fingerprint density at radius 1 is 1.38 bits per heavy atom. The van der Waals surface area contributed by atoms with Crippen molar-refractivity contribution in [1.29, 1.82) is 0 Å². The molecule has 1 saturated carbocycles. The molecule has 1 amide bonds. The Morgan fingerprint density at radius 3 is 2.83 bits per heavy atom. The number of H-pyrrole nitrogens is 1. The van der Waals surface area contributed by atoms with E-state index >= 15 is 0 Å². The van der Waals surface area contributed by atoms with Crippen molar-refractivity contribution in [3.05, 3.63) is 18.6 Å². The number of nitrogens with zero attached hydrogens (tertiary/aromatic N) is 4. The molecule has 2 atom stereocenters. The second-order valence-corrected chi connectivity index (χ2v) is 6.93. The van der Waals surface area contributed by atoms with Gasteiger partial charge in [-0.2, -0.15) is 0 Å². The zero-order valence-electron chi connectivity index (χ0n) is 14.1. The number of amides is 1. The van der Waals surface area contributed by atoms with Crippen LogP contribution in [-0.2, 0) is 9.53 Å². The first kappa shape index (κ1) is 15.4. The average Bonchev–Trinajstić information content (AvgIpc) is 3.27. The van der Waals surface area contributed by atoms with Crippen LogP contribution in [0.15, 0.2) is 18.6 Å². The predicted octanol–water partition coefficient (Wildman–Crippen LogP) is 1.28. The summed E-state index contributed by atoms with van der Waals surface area (Å²) < 4.78 is 4.97. The molecule has 1 saturated heterocycles. The van der Waals surface area contributed by atoms with E-state index in [0.29, 0.717) is 17.9 Å². The smallest absolute Gasteiger partial charge is 0.248 e. The van der Waals surface area contributed by atoms with Crippen molar-refractivity contribution in [3.8, 4) is 0 Å². The molecule has 1 aliphatic carbocycles. The lowest BCUT2D eigenvalue weighted by atomic mass is 10.0. The van der Waals surface area contributed by atoms with E-state index < -0.39 is 0 Å². The number of hydrogen-bond donors (Lipinski definition) is 1. The van der Waals surface area contributed by atoms with Gasteiger partial charge in [-0.3, -0.25) is 4.79 Å². The minimum absolute atomic E-state index is 0.113. The maximum atomic E-state index is 12.0. The zero-order chi connectivity index (χ0) is 16.7. The Balaban J connectivity index is 1.45. The number of fused-ring (bicyclic) bond motifs is 2. The van der Waals surface area contributed by atoms with E-state index in [0.717, 1.165) is 42.8 Å². The van der Waals surface area contributed by atoms with Crippen LogP contribution in [0.3, 0.4) is 0 Å². The van der Waals surface area contributed by atoms with Gasteiger partial charge in [0.05, 0.1) is 5.39 Å². The lowest BCUT2D eigenvalue weighted by molar-refractivity contribution is -0.134. The molecule has 4 rings (SSSR count). The number of methoxy groups -OCH3 is 1. The highest BCUT2D eigenvalue weighted by atomic mass is 16.5. The van der Waals surface area contributed by atoms with Gasteiger partial charge < -0.3 is 19.5 Å². The van der Waals surface area contributed by atoms with Crippen molar-refractivity contribution in [2.75, 3.05) is 38.8 Å². The van der Waals surface area contributed by atoms with Gasteiger partial charge in [0, 0.05) is 39.5 Å². The molecule has 0 spiro atoms. The van der Waals surface area contributed by atoms with Crippen LogP contribution in [0.5, 0.6) is 0 Å². The van der Waals surface area contributed by atoms with Gasteiger partial charge in [0.1, 0.15) is 24.4 Å². The van der Waals surface area contributed by atoms with Crippen LogP contribution < -0.4 is 4.90 Å². The normalized spacial score (nSPS) is 26.1. The summed E-state index contributed by atoms with van der Waals surface area (Å²) in [6.07, 6.45) is 5.73. The maximum absolute atomic E-state index is 12.0. The maximum Gasteiger partial charge on any atom is 0.248 e. The Bertz CT molecular complexity index is 731. The molecule has 2 unspecified atom stereocenters. The summed E-state index contributed by atoms with van der Waals surface area (Å²) in [7, 11) is 3.69. The Morgan fingerprint density at radius 2 is 2.12 bits per heavy atom. The largest absolute Gasteiger partial charge is 0.375 e. The first-order valence-electron chi connectivity index (χ1n) is 8.45. The lowest BCUT2D eigenvalue weighted by Crippen LogP contribution is -2.35. The van der Waals surface area contributed by atoms with Gasteiger partial charge in [0.2, 0.25) is 5.91 Å².